The van der Waals surface area contributed by atoms with Gasteiger partial charge in [0.05, 0.1) is 18.0 Å². The van der Waals surface area contributed by atoms with E-state index in [4.69, 9.17) is 9.47 Å². The van der Waals surface area contributed by atoms with Crippen molar-refractivity contribution >= 4 is 29.1 Å². The van der Waals surface area contributed by atoms with Gasteiger partial charge in [0.2, 0.25) is 17.7 Å². The van der Waals surface area contributed by atoms with Crippen LogP contribution in [0.15, 0.2) is 24.3 Å². The van der Waals surface area contributed by atoms with Gasteiger partial charge in [-0.25, -0.2) is 0 Å². The third kappa shape index (κ3) is 9.06. The largest absolute Gasteiger partial charge is 0.353 e. The van der Waals surface area contributed by atoms with Gasteiger partial charge in [0.15, 0.2) is 5.79 Å². The molecule has 1 fully saturated rings. The second-order valence-electron chi connectivity index (χ2n) is 10.0. The number of amides is 3. The van der Waals surface area contributed by atoms with Gasteiger partial charge in [-0.3, -0.25) is 14.4 Å². The van der Waals surface area contributed by atoms with E-state index in [2.05, 4.69) is 22.9 Å². The third-order valence-electron chi connectivity index (χ3n) is 5.78. The number of rotatable bonds is 12. The first-order valence-corrected chi connectivity index (χ1v) is 12.3. The quantitative estimate of drug-likeness (QED) is 0.383. The minimum absolute atomic E-state index is 0.0625. The zero-order valence-corrected chi connectivity index (χ0v) is 21.3. The van der Waals surface area contributed by atoms with Gasteiger partial charge < -0.3 is 25.4 Å². The summed E-state index contributed by atoms with van der Waals surface area (Å²) in [5, 5.41) is 8.51. The number of hydrogen-bond donors (Lipinski definition) is 3. The van der Waals surface area contributed by atoms with Crippen molar-refractivity contribution in [3.8, 4) is 0 Å². The molecule has 1 aliphatic heterocycles. The molecule has 1 atom stereocenters. The van der Waals surface area contributed by atoms with Crippen LogP contribution in [0, 0.1) is 5.41 Å². The van der Waals surface area contributed by atoms with E-state index in [-0.39, 0.29) is 30.7 Å². The summed E-state index contributed by atoms with van der Waals surface area (Å²) in [6, 6.07) is 7.11. The smallest absolute Gasteiger partial charge is 0.249 e. The Morgan fingerprint density at radius 1 is 0.912 bits per heavy atom. The summed E-state index contributed by atoms with van der Waals surface area (Å²) in [5.74, 6) is -1.42. The van der Waals surface area contributed by atoms with Crippen LogP contribution in [-0.4, -0.2) is 42.8 Å². The number of nitrogens with one attached hydrogen (secondary N) is 3. The Hall–Kier alpha value is -2.45. The van der Waals surface area contributed by atoms with Gasteiger partial charge in [-0.2, -0.15) is 0 Å². The molecule has 34 heavy (non-hydrogen) atoms. The van der Waals surface area contributed by atoms with E-state index in [0.29, 0.717) is 24.4 Å². The second kappa shape index (κ2) is 12.9. The number of unbranched alkanes of at least 4 members (excludes halogenated alkanes) is 4. The summed E-state index contributed by atoms with van der Waals surface area (Å²) in [6.07, 6.45) is 5.28. The maximum Gasteiger partial charge on any atom is 0.249 e. The van der Waals surface area contributed by atoms with Crippen molar-refractivity contribution in [2.45, 2.75) is 91.5 Å². The fraction of sp³-hybridized carbons (Fsp3) is 0.654. The first kappa shape index (κ1) is 27.8. The van der Waals surface area contributed by atoms with Crippen LogP contribution in [-0.2, 0) is 23.9 Å². The Morgan fingerprint density at radius 2 is 1.50 bits per heavy atom. The Labute approximate surface area is 203 Å². The fourth-order valence-electron chi connectivity index (χ4n) is 3.73. The zero-order valence-electron chi connectivity index (χ0n) is 21.3. The van der Waals surface area contributed by atoms with Crippen LogP contribution in [0.4, 0.5) is 11.4 Å². The molecular formula is C26H41N3O5. The summed E-state index contributed by atoms with van der Waals surface area (Å²) in [7, 11) is 0. The van der Waals surface area contributed by atoms with Crippen LogP contribution in [0.3, 0.4) is 0 Å². The Bertz CT molecular complexity index is 837. The highest BCUT2D eigenvalue weighted by molar-refractivity contribution is 5.99. The standard InChI is InChI=1S/C26H41N3O5/c1-6-7-8-9-10-15-21(30)28-19-13-11-12-14-20(19)29-22(31)16-17-27-24(32)23-25(2,3)18-33-26(4,5)34-23/h11-14,23H,6-10,15-18H2,1-5H3,(H,27,32)(H,28,30)(H,29,31). The molecule has 8 heteroatoms. The van der Waals surface area contributed by atoms with E-state index < -0.39 is 17.3 Å². The SMILES string of the molecule is CCCCCCCC(=O)Nc1ccccc1NC(=O)CCNC(=O)C1OC(C)(C)OCC1(C)C. The molecule has 1 aliphatic rings. The summed E-state index contributed by atoms with van der Waals surface area (Å²) in [4.78, 5) is 37.5. The monoisotopic (exact) mass is 475 g/mol. The lowest BCUT2D eigenvalue weighted by Gasteiger charge is -2.44. The van der Waals surface area contributed by atoms with E-state index in [1.807, 2.05) is 19.9 Å². The normalized spacial score (nSPS) is 18.7. The molecule has 2 rings (SSSR count). The highest BCUT2D eigenvalue weighted by Crippen LogP contribution is 2.34. The summed E-state index contributed by atoms with van der Waals surface area (Å²) in [5.41, 5.74) is 0.626. The van der Waals surface area contributed by atoms with Gasteiger partial charge in [-0.15, -0.1) is 0 Å². The van der Waals surface area contributed by atoms with Gasteiger partial charge in [0.1, 0.15) is 6.10 Å². The number of carbonyl (C=O) groups excluding carboxylic acids is 3. The molecular weight excluding hydrogens is 434 g/mol. The minimum Gasteiger partial charge on any atom is -0.353 e. The highest BCUT2D eigenvalue weighted by atomic mass is 16.7. The number of carbonyl (C=O) groups is 3. The summed E-state index contributed by atoms with van der Waals surface area (Å²) >= 11 is 0. The van der Waals surface area contributed by atoms with Gasteiger partial charge in [-0.05, 0) is 32.4 Å². The Kier molecular flexibility index (Phi) is 10.5. The number of hydrogen-bond acceptors (Lipinski definition) is 5. The van der Waals surface area contributed by atoms with Gasteiger partial charge >= 0.3 is 0 Å². The van der Waals surface area contributed by atoms with Crippen molar-refractivity contribution in [2.75, 3.05) is 23.8 Å². The summed E-state index contributed by atoms with van der Waals surface area (Å²) in [6.45, 7) is 10.1. The van der Waals surface area contributed by atoms with Crippen LogP contribution in [0.1, 0.15) is 79.6 Å². The molecule has 0 radical (unpaired) electrons. The van der Waals surface area contributed by atoms with Gasteiger partial charge in [-0.1, -0.05) is 58.6 Å². The molecule has 1 unspecified atom stereocenters. The lowest BCUT2D eigenvalue weighted by atomic mass is 9.85. The average Bonchev–Trinajstić information content (AvgIpc) is 2.77. The lowest BCUT2D eigenvalue weighted by molar-refractivity contribution is -0.304. The number of anilines is 2. The van der Waals surface area contributed by atoms with Crippen molar-refractivity contribution in [2.24, 2.45) is 5.41 Å². The first-order chi connectivity index (χ1) is 16.0. The molecule has 1 aromatic rings. The maximum atomic E-state index is 12.7. The Balaban J connectivity index is 1.81. The number of para-hydroxylation sites is 2. The van der Waals surface area contributed by atoms with E-state index in [1.165, 1.54) is 12.8 Å². The third-order valence-corrected chi connectivity index (χ3v) is 5.78. The van der Waals surface area contributed by atoms with Crippen molar-refractivity contribution in [1.82, 2.24) is 5.32 Å². The lowest BCUT2D eigenvalue weighted by Crippen LogP contribution is -2.56. The molecule has 1 heterocycles. The van der Waals surface area contributed by atoms with Crippen molar-refractivity contribution in [3.63, 3.8) is 0 Å². The van der Waals surface area contributed by atoms with Crippen molar-refractivity contribution < 1.29 is 23.9 Å². The highest BCUT2D eigenvalue weighted by Gasteiger charge is 2.45. The van der Waals surface area contributed by atoms with E-state index in [0.717, 1.165) is 19.3 Å². The van der Waals surface area contributed by atoms with E-state index >= 15 is 0 Å². The molecule has 3 N–H and O–H groups in total. The predicted molar refractivity (Wildman–Crippen MR) is 133 cm³/mol. The zero-order chi connectivity index (χ0) is 25.2. The molecule has 0 spiro atoms. The molecule has 0 saturated carbocycles. The van der Waals surface area contributed by atoms with Crippen LogP contribution < -0.4 is 16.0 Å². The molecule has 0 bridgehead atoms. The van der Waals surface area contributed by atoms with E-state index in [9.17, 15) is 14.4 Å². The average molecular weight is 476 g/mol. The van der Waals surface area contributed by atoms with Crippen LogP contribution in [0.25, 0.3) is 0 Å². The van der Waals surface area contributed by atoms with Crippen molar-refractivity contribution in [1.29, 1.82) is 0 Å². The van der Waals surface area contributed by atoms with Gasteiger partial charge in [0, 0.05) is 24.8 Å². The molecule has 1 aromatic carbocycles. The molecule has 0 aliphatic carbocycles. The van der Waals surface area contributed by atoms with E-state index in [1.54, 1.807) is 32.0 Å². The van der Waals surface area contributed by atoms with Crippen molar-refractivity contribution in [3.05, 3.63) is 24.3 Å². The second-order valence-corrected chi connectivity index (χ2v) is 10.0. The van der Waals surface area contributed by atoms with Crippen LogP contribution in [0.2, 0.25) is 0 Å². The number of benzene rings is 1. The van der Waals surface area contributed by atoms with Crippen LogP contribution in [0.5, 0.6) is 0 Å². The molecule has 3 amide bonds. The molecule has 0 aromatic heterocycles. The maximum absolute atomic E-state index is 12.7. The topological polar surface area (TPSA) is 106 Å². The predicted octanol–water partition coefficient (Wildman–Crippen LogP) is 4.61. The summed E-state index contributed by atoms with van der Waals surface area (Å²) < 4.78 is 11.5. The minimum atomic E-state index is -0.835. The van der Waals surface area contributed by atoms with Crippen LogP contribution >= 0.6 is 0 Å². The molecule has 1 saturated heterocycles. The molecule has 8 nitrogen and oxygen atoms in total. The van der Waals surface area contributed by atoms with Gasteiger partial charge in [0.25, 0.3) is 0 Å². The number of ether oxygens (including phenoxy) is 2. The Morgan fingerprint density at radius 3 is 2.12 bits per heavy atom. The first-order valence-electron chi connectivity index (χ1n) is 12.3. The fourth-order valence-corrected chi connectivity index (χ4v) is 3.73. The molecule has 190 valence electrons.